The summed E-state index contributed by atoms with van der Waals surface area (Å²) in [6.45, 7) is 4.79. The third-order valence-electron chi connectivity index (χ3n) is 5.80. The minimum Gasteiger partial charge on any atom is -0.335 e. The maximum Gasteiger partial charge on any atom is 0.343 e. The Hall–Kier alpha value is -2.55. The van der Waals surface area contributed by atoms with Crippen molar-refractivity contribution in [2.45, 2.75) is 57.3 Å². The van der Waals surface area contributed by atoms with E-state index in [4.69, 9.17) is 0 Å². The maximum absolute atomic E-state index is 12.2. The third-order valence-corrected chi connectivity index (χ3v) is 6.78. The molecule has 0 unspecified atom stereocenters. The van der Waals surface area contributed by atoms with Crippen LogP contribution in [0, 0.1) is 11.8 Å². The summed E-state index contributed by atoms with van der Waals surface area (Å²) in [6, 6.07) is 9.47. The van der Waals surface area contributed by atoms with Crippen molar-refractivity contribution in [3.8, 4) is 0 Å². The normalized spacial score (nSPS) is 21.2. The molecule has 1 aromatic carbocycles. The van der Waals surface area contributed by atoms with E-state index in [1.54, 1.807) is 0 Å². The lowest BCUT2D eigenvalue weighted by atomic mass is 9.78. The Morgan fingerprint density at radius 1 is 1.23 bits per heavy atom. The molecule has 3 amide bonds. The molecule has 3 atom stereocenters. The average Bonchev–Trinajstić information content (AvgIpc) is 3.08. The molecule has 1 aliphatic rings. The summed E-state index contributed by atoms with van der Waals surface area (Å²) in [6.07, 6.45) is 3.87. The highest BCUT2D eigenvalue weighted by Crippen LogP contribution is 2.29. The van der Waals surface area contributed by atoms with E-state index >= 15 is 0 Å². The number of carbonyl (C=O) groups is 2. The predicted molar refractivity (Wildman–Crippen MR) is 116 cm³/mol. The molecule has 2 aromatic rings. The number of aryl methyl sites for hydroxylation is 1. The van der Waals surface area contributed by atoms with Gasteiger partial charge in [-0.25, -0.2) is 14.7 Å². The van der Waals surface area contributed by atoms with Crippen molar-refractivity contribution in [1.29, 1.82) is 0 Å². The molecule has 0 radical (unpaired) electrons. The van der Waals surface area contributed by atoms with Crippen LogP contribution in [-0.4, -0.2) is 38.5 Å². The number of thioether (sulfide) groups is 1. The first-order valence-electron chi connectivity index (χ1n) is 10.4. The van der Waals surface area contributed by atoms with Crippen LogP contribution in [0.25, 0.3) is 0 Å². The van der Waals surface area contributed by atoms with Crippen LogP contribution in [0.4, 0.5) is 4.79 Å². The van der Waals surface area contributed by atoms with Gasteiger partial charge in [-0.2, -0.15) is 0 Å². The molecule has 1 aromatic heterocycles. The lowest BCUT2D eigenvalue weighted by Gasteiger charge is -2.34. The van der Waals surface area contributed by atoms with Crippen molar-refractivity contribution >= 4 is 23.7 Å². The fourth-order valence-electron chi connectivity index (χ4n) is 3.78. The zero-order chi connectivity index (χ0) is 21.5. The summed E-state index contributed by atoms with van der Waals surface area (Å²) in [5, 5.41) is 12.2. The van der Waals surface area contributed by atoms with Crippen molar-refractivity contribution in [3.05, 3.63) is 46.4 Å². The number of hydrogen-bond acceptors (Lipinski definition) is 5. The van der Waals surface area contributed by atoms with Crippen LogP contribution in [0.3, 0.4) is 0 Å². The van der Waals surface area contributed by atoms with Crippen molar-refractivity contribution in [2.75, 3.05) is 5.75 Å². The highest BCUT2D eigenvalue weighted by atomic mass is 32.2. The highest BCUT2D eigenvalue weighted by Gasteiger charge is 2.28. The van der Waals surface area contributed by atoms with Crippen LogP contribution in [0.5, 0.6) is 0 Å². The molecule has 1 aliphatic carbocycles. The van der Waals surface area contributed by atoms with Gasteiger partial charge in [0, 0.05) is 12.6 Å². The second-order valence-electron chi connectivity index (χ2n) is 7.88. The Morgan fingerprint density at radius 3 is 2.77 bits per heavy atom. The van der Waals surface area contributed by atoms with E-state index in [9.17, 15) is 14.4 Å². The van der Waals surface area contributed by atoms with E-state index in [0.29, 0.717) is 30.0 Å². The molecule has 9 heteroatoms. The van der Waals surface area contributed by atoms with Gasteiger partial charge in [0.05, 0.1) is 5.75 Å². The first-order chi connectivity index (χ1) is 14.4. The monoisotopic (exact) mass is 431 g/mol. The number of nitrogens with zero attached hydrogens (tertiary/aromatic N) is 2. The lowest BCUT2D eigenvalue weighted by Crippen LogP contribution is -2.49. The fraction of sp³-hybridized carbons (Fsp3) is 0.524. The van der Waals surface area contributed by atoms with Crippen molar-refractivity contribution in [1.82, 2.24) is 25.4 Å². The van der Waals surface area contributed by atoms with Crippen LogP contribution >= 0.6 is 11.8 Å². The average molecular weight is 432 g/mol. The molecule has 8 nitrogen and oxygen atoms in total. The Morgan fingerprint density at radius 2 is 2.00 bits per heavy atom. The number of hydrogen-bond donors (Lipinski definition) is 3. The predicted octanol–water partition coefficient (Wildman–Crippen LogP) is 2.56. The summed E-state index contributed by atoms with van der Waals surface area (Å²) in [5.41, 5.74) is 0.800. The van der Waals surface area contributed by atoms with E-state index in [0.717, 1.165) is 30.2 Å². The molecular weight excluding hydrogens is 402 g/mol. The Labute approximate surface area is 180 Å². The van der Waals surface area contributed by atoms with Crippen LogP contribution in [-0.2, 0) is 17.8 Å². The van der Waals surface area contributed by atoms with Crippen LogP contribution in [0.1, 0.15) is 38.7 Å². The molecule has 0 aliphatic heterocycles. The van der Waals surface area contributed by atoms with E-state index in [2.05, 4.69) is 34.7 Å². The van der Waals surface area contributed by atoms with Crippen LogP contribution in [0.15, 0.2) is 40.3 Å². The number of benzene rings is 1. The molecular formula is C21H29N5O3S. The molecule has 1 saturated carbocycles. The van der Waals surface area contributed by atoms with Gasteiger partial charge in [0.15, 0.2) is 5.16 Å². The van der Waals surface area contributed by atoms with E-state index < -0.39 is 11.9 Å². The SMILES string of the molecule is C[C@@H]1[C@H](C)CCC[C@@H]1NC(=O)NC(=O)CSc1n[nH]c(=O)n1CCc1ccccc1. The van der Waals surface area contributed by atoms with E-state index in [-0.39, 0.29) is 17.5 Å². The Bertz CT molecular complexity index is 911. The van der Waals surface area contributed by atoms with Crippen LogP contribution < -0.4 is 16.3 Å². The quantitative estimate of drug-likeness (QED) is 0.584. The van der Waals surface area contributed by atoms with Gasteiger partial charge in [-0.05, 0) is 30.2 Å². The molecule has 3 N–H and O–H groups in total. The molecule has 30 heavy (non-hydrogen) atoms. The molecule has 3 rings (SSSR count). The number of nitrogens with one attached hydrogen (secondary N) is 3. The standard InChI is InChI=1S/C21H29N5O3S/c1-14-7-6-10-17(15(14)2)22-19(28)23-18(27)13-30-21-25-24-20(29)26(21)12-11-16-8-4-3-5-9-16/h3-5,8-9,14-15,17H,6-7,10-13H2,1-2H3,(H,24,29)(H2,22,23,27,28)/t14-,15-,17+/m1/s1. The van der Waals surface area contributed by atoms with E-state index in [1.807, 2.05) is 30.3 Å². The first-order valence-corrected chi connectivity index (χ1v) is 11.3. The van der Waals surface area contributed by atoms with Gasteiger partial charge < -0.3 is 5.32 Å². The number of imide groups is 1. The third kappa shape index (κ3) is 5.98. The first kappa shape index (κ1) is 22.1. The number of rotatable bonds is 7. The van der Waals surface area contributed by atoms with Crippen molar-refractivity contribution in [2.24, 2.45) is 11.8 Å². The minimum absolute atomic E-state index is 0.000324. The lowest BCUT2D eigenvalue weighted by molar-refractivity contribution is -0.117. The maximum atomic E-state index is 12.2. The Balaban J connectivity index is 1.47. The topological polar surface area (TPSA) is 109 Å². The van der Waals surface area contributed by atoms with Gasteiger partial charge in [-0.1, -0.05) is 68.8 Å². The smallest absolute Gasteiger partial charge is 0.335 e. The van der Waals surface area contributed by atoms with Gasteiger partial charge in [0.1, 0.15) is 0 Å². The van der Waals surface area contributed by atoms with Crippen LogP contribution in [0.2, 0.25) is 0 Å². The zero-order valence-corrected chi connectivity index (χ0v) is 18.2. The summed E-state index contributed by atoms with van der Waals surface area (Å²) < 4.78 is 1.51. The van der Waals surface area contributed by atoms with Crippen molar-refractivity contribution in [3.63, 3.8) is 0 Å². The largest absolute Gasteiger partial charge is 0.343 e. The highest BCUT2D eigenvalue weighted by molar-refractivity contribution is 7.99. The molecule has 0 saturated heterocycles. The number of urea groups is 1. The Kier molecular flexibility index (Phi) is 7.73. The molecule has 1 fully saturated rings. The van der Waals surface area contributed by atoms with Gasteiger partial charge in [0.2, 0.25) is 5.91 Å². The summed E-state index contributed by atoms with van der Waals surface area (Å²) in [5.74, 6) is 0.526. The zero-order valence-electron chi connectivity index (χ0n) is 17.4. The number of carbonyl (C=O) groups excluding carboxylic acids is 2. The molecule has 1 heterocycles. The number of amides is 3. The molecule has 0 spiro atoms. The minimum atomic E-state index is -0.463. The van der Waals surface area contributed by atoms with Crippen molar-refractivity contribution < 1.29 is 9.59 Å². The van der Waals surface area contributed by atoms with E-state index in [1.165, 1.54) is 11.0 Å². The van der Waals surface area contributed by atoms with Gasteiger partial charge >= 0.3 is 11.7 Å². The van der Waals surface area contributed by atoms with Gasteiger partial charge in [-0.3, -0.25) is 14.7 Å². The molecule has 0 bridgehead atoms. The van der Waals surface area contributed by atoms with Gasteiger partial charge in [-0.15, -0.1) is 5.10 Å². The summed E-state index contributed by atoms with van der Waals surface area (Å²) >= 11 is 1.13. The second kappa shape index (κ2) is 10.5. The number of H-pyrrole nitrogens is 1. The summed E-state index contributed by atoms with van der Waals surface area (Å²) in [4.78, 5) is 36.4. The second-order valence-corrected chi connectivity index (χ2v) is 8.83. The fourth-order valence-corrected chi connectivity index (χ4v) is 4.55. The van der Waals surface area contributed by atoms with Gasteiger partial charge in [0.25, 0.3) is 0 Å². The molecule has 162 valence electrons. The number of aromatic nitrogens is 3. The number of aromatic amines is 1. The summed E-state index contributed by atoms with van der Waals surface area (Å²) in [7, 11) is 0.